The van der Waals surface area contributed by atoms with Gasteiger partial charge in [0.25, 0.3) is 0 Å². The molecule has 10 heteroatoms. The Morgan fingerprint density at radius 1 is 1.09 bits per heavy atom. The van der Waals surface area contributed by atoms with Gasteiger partial charge in [0.2, 0.25) is 0 Å². The molecule has 0 bridgehead atoms. The van der Waals surface area contributed by atoms with Gasteiger partial charge in [-0.15, -0.1) is 11.8 Å². The first-order valence-corrected chi connectivity index (χ1v) is 7.97. The average molecular weight is 372 g/mol. The molecule has 0 heterocycles. The largest absolute Gasteiger partial charge is 0.468 e. The normalized spacial score (nSPS) is 14.7. The van der Waals surface area contributed by atoms with Gasteiger partial charge in [0.05, 0.1) is 7.11 Å². The van der Waals surface area contributed by atoms with Crippen LogP contribution in [0, 0.1) is 0 Å². The lowest BCUT2D eigenvalue weighted by molar-refractivity contribution is -0.355. The lowest BCUT2D eigenvalue weighted by atomic mass is 10.0. The number of rotatable bonds is 10. The van der Waals surface area contributed by atoms with Crippen molar-refractivity contribution in [3.05, 3.63) is 0 Å². The van der Waals surface area contributed by atoms with Crippen LogP contribution >= 0.6 is 11.8 Å². The van der Waals surface area contributed by atoms with Crippen LogP contribution in [0.4, 0.5) is 30.7 Å². The number of ether oxygens (including phenoxy) is 1. The predicted octanol–water partition coefficient (Wildman–Crippen LogP) is 5.06. The maximum Gasteiger partial charge on any atom is 0.459 e. The van der Waals surface area contributed by atoms with Gasteiger partial charge in [-0.25, -0.2) is 0 Å². The Morgan fingerprint density at radius 2 is 1.65 bits per heavy atom. The van der Waals surface area contributed by atoms with E-state index in [0.29, 0.717) is 12.8 Å². The van der Waals surface area contributed by atoms with Gasteiger partial charge in [0.15, 0.2) is 0 Å². The molecule has 23 heavy (non-hydrogen) atoms. The molecule has 0 spiro atoms. The SMILES string of the molecule is CCCC(SCCCCC(F)(F)C(F)(F)C(F)(F)F)C(=O)OC. The molecule has 2 nitrogen and oxygen atoms in total. The van der Waals surface area contributed by atoms with Crippen molar-refractivity contribution >= 4 is 17.7 Å². The van der Waals surface area contributed by atoms with Gasteiger partial charge in [-0.3, -0.25) is 4.79 Å². The second-order valence-corrected chi connectivity index (χ2v) is 6.22. The number of halogens is 7. The Bertz CT molecular complexity index is 372. The number of hydrogen-bond acceptors (Lipinski definition) is 3. The van der Waals surface area contributed by atoms with Crippen molar-refractivity contribution in [2.45, 2.75) is 62.3 Å². The smallest absolute Gasteiger partial charge is 0.459 e. The quantitative estimate of drug-likeness (QED) is 0.304. The van der Waals surface area contributed by atoms with E-state index in [2.05, 4.69) is 4.74 Å². The maximum absolute atomic E-state index is 13.0. The minimum Gasteiger partial charge on any atom is -0.468 e. The summed E-state index contributed by atoms with van der Waals surface area (Å²) in [7, 11) is 1.20. The summed E-state index contributed by atoms with van der Waals surface area (Å²) in [5, 5.41) is -0.498. The number of unbranched alkanes of at least 4 members (excludes halogenated alkanes) is 1. The maximum atomic E-state index is 13.0. The molecular weight excluding hydrogens is 353 g/mol. The first kappa shape index (κ1) is 22.3. The third kappa shape index (κ3) is 6.39. The summed E-state index contributed by atoms with van der Waals surface area (Å²) in [4.78, 5) is 11.4. The molecule has 1 atom stereocenters. The Kier molecular flexibility index (Phi) is 8.72. The van der Waals surface area contributed by atoms with E-state index in [4.69, 9.17) is 0 Å². The highest BCUT2D eigenvalue weighted by Crippen LogP contribution is 2.48. The van der Waals surface area contributed by atoms with E-state index in [0.717, 1.165) is 11.8 Å². The molecule has 0 aliphatic rings. The van der Waals surface area contributed by atoms with Gasteiger partial charge in [0.1, 0.15) is 5.25 Å². The lowest BCUT2D eigenvalue weighted by Crippen LogP contribution is -2.51. The molecule has 0 aromatic rings. The molecule has 0 N–H and O–H groups in total. The summed E-state index contributed by atoms with van der Waals surface area (Å²) in [5.41, 5.74) is 0. The van der Waals surface area contributed by atoms with Crippen LogP contribution < -0.4 is 0 Å². The lowest BCUT2D eigenvalue weighted by Gasteiger charge is -2.28. The standard InChI is InChI=1S/C13H19F7O2S/c1-3-6-9(10(21)22-2)23-8-5-4-7-11(14,15)12(16,17)13(18,19)20/h9H,3-8H2,1-2H3. The molecule has 0 aromatic carbocycles. The number of hydrogen-bond donors (Lipinski definition) is 0. The van der Waals surface area contributed by atoms with Crippen molar-refractivity contribution in [1.29, 1.82) is 0 Å². The van der Waals surface area contributed by atoms with Crippen molar-refractivity contribution in [1.82, 2.24) is 0 Å². The topological polar surface area (TPSA) is 26.3 Å². The van der Waals surface area contributed by atoms with E-state index >= 15 is 0 Å². The zero-order chi connectivity index (χ0) is 18.3. The molecule has 0 aliphatic carbocycles. The minimum atomic E-state index is -6.29. The van der Waals surface area contributed by atoms with Gasteiger partial charge in [-0.2, -0.15) is 30.7 Å². The highest BCUT2D eigenvalue weighted by molar-refractivity contribution is 8.00. The number of carbonyl (C=O) groups excluding carboxylic acids is 1. The van der Waals surface area contributed by atoms with E-state index in [1.165, 1.54) is 7.11 Å². The second-order valence-electron chi connectivity index (χ2n) is 4.90. The van der Waals surface area contributed by atoms with Gasteiger partial charge < -0.3 is 4.74 Å². The summed E-state index contributed by atoms with van der Waals surface area (Å²) in [6, 6.07) is 0. The van der Waals surface area contributed by atoms with Gasteiger partial charge >= 0.3 is 24.0 Å². The van der Waals surface area contributed by atoms with Crippen molar-refractivity contribution in [2.24, 2.45) is 0 Å². The molecule has 1 unspecified atom stereocenters. The molecule has 0 saturated carbocycles. The molecule has 0 fully saturated rings. The summed E-state index contributed by atoms with van der Waals surface area (Å²) in [5.74, 6) is -11.5. The highest BCUT2D eigenvalue weighted by atomic mass is 32.2. The van der Waals surface area contributed by atoms with E-state index in [1.54, 1.807) is 0 Å². The van der Waals surface area contributed by atoms with Crippen LogP contribution in [0.25, 0.3) is 0 Å². The van der Waals surface area contributed by atoms with Crippen LogP contribution in [0.15, 0.2) is 0 Å². The highest BCUT2D eigenvalue weighted by Gasteiger charge is 2.72. The molecule has 0 saturated heterocycles. The first-order valence-electron chi connectivity index (χ1n) is 6.92. The van der Waals surface area contributed by atoms with Crippen LogP contribution in [-0.2, 0) is 9.53 Å². The van der Waals surface area contributed by atoms with Gasteiger partial charge in [-0.1, -0.05) is 13.3 Å². The molecule has 0 radical (unpaired) electrons. The van der Waals surface area contributed by atoms with E-state index in [1.807, 2.05) is 6.92 Å². The van der Waals surface area contributed by atoms with Crippen LogP contribution in [0.3, 0.4) is 0 Å². The van der Waals surface area contributed by atoms with Crippen LogP contribution in [0.1, 0.15) is 39.0 Å². The van der Waals surface area contributed by atoms with Gasteiger partial charge in [0, 0.05) is 6.42 Å². The number of methoxy groups -OCH3 is 1. The zero-order valence-electron chi connectivity index (χ0n) is 12.7. The summed E-state index contributed by atoms with van der Waals surface area (Å²) < 4.78 is 91.8. The van der Waals surface area contributed by atoms with Crippen molar-refractivity contribution in [3.63, 3.8) is 0 Å². The van der Waals surface area contributed by atoms with Crippen molar-refractivity contribution in [3.8, 4) is 0 Å². The van der Waals surface area contributed by atoms with Crippen LogP contribution in [0.2, 0.25) is 0 Å². The first-order chi connectivity index (χ1) is 10.4. The molecule has 0 aliphatic heterocycles. The fraction of sp³-hybridized carbons (Fsp3) is 0.923. The molecule has 0 amide bonds. The molecule has 0 rings (SSSR count). The van der Waals surface area contributed by atoms with E-state index in [-0.39, 0.29) is 12.2 Å². The number of carbonyl (C=O) groups is 1. The minimum absolute atomic E-state index is 0.00853. The number of esters is 1. The second kappa shape index (κ2) is 8.98. The fourth-order valence-electron chi connectivity index (χ4n) is 1.70. The Hall–Kier alpha value is -0.670. The third-order valence-corrected chi connectivity index (χ3v) is 4.39. The molecule has 0 aromatic heterocycles. The predicted molar refractivity (Wildman–Crippen MR) is 73.0 cm³/mol. The van der Waals surface area contributed by atoms with E-state index in [9.17, 15) is 35.5 Å². The molecule has 138 valence electrons. The number of thioether (sulfide) groups is 1. The monoisotopic (exact) mass is 372 g/mol. The van der Waals surface area contributed by atoms with Gasteiger partial charge in [-0.05, 0) is 25.0 Å². The Labute approximate surface area is 134 Å². The molecular formula is C13H19F7O2S. The zero-order valence-corrected chi connectivity index (χ0v) is 13.5. The van der Waals surface area contributed by atoms with E-state index < -0.39 is 42.1 Å². The van der Waals surface area contributed by atoms with Crippen LogP contribution in [-0.4, -0.2) is 42.1 Å². The number of alkyl halides is 7. The van der Waals surface area contributed by atoms with Crippen molar-refractivity contribution < 1.29 is 40.3 Å². The average Bonchev–Trinajstić information content (AvgIpc) is 2.43. The summed E-state index contributed by atoms with van der Waals surface area (Å²) in [6.45, 7) is 1.83. The Balaban J connectivity index is 4.32. The summed E-state index contributed by atoms with van der Waals surface area (Å²) >= 11 is 1.11. The van der Waals surface area contributed by atoms with Crippen LogP contribution in [0.5, 0.6) is 0 Å². The Morgan fingerprint density at radius 3 is 2.09 bits per heavy atom. The van der Waals surface area contributed by atoms with Crippen molar-refractivity contribution in [2.75, 3.05) is 12.9 Å². The third-order valence-electron chi connectivity index (χ3n) is 3.03. The summed E-state index contributed by atoms with van der Waals surface area (Å²) in [6.07, 6.45) is -7.20. The fourth-order valence-corrected chi connectivity index (χ4v) is 2.99.